The zero-order chi connectivity index (χ0) is 14.3. The van der Waals surface area contributed by atoms with Crippen molar-refractivity contribution < 1.29 is 14.3 Å². The van der Waals surface area contributed by atoms with Crippen molar-refractivity contribution in [3.63, 3.8) is 0 Å². The molecule has 0 aromatic heterocycles. The minimum atomic E-state index is -0.609. The molecule has 0 atom stereocenters. The van der Waals surface area contributed by atoms with Crippen molar-refractivity contribution in [2.24, 2.45) is 0 Å². The van der Waals surface area contributed by atoms with Gasteiger partial charge in [0.15, 0.2) is 12.0 Å². The van der Waals surface area contributed by atoms with Crippen LogP contribution in [-0.4, -0.2) is 37.9 Å². The zero-order valence-corrected chi connectivity index (χ0v) is 11.6. The van der Waals surface area contributed by atoms with Crippen LogP contribution in [0, 0.1) is 0 Å². The van der Waals surface area contributed by atoms with E-state index >= 15 is 0 Å². The van der Waals surface area contributed by atoms with Crippen LogP contribution in [0.25, 0.3) is 0 Å². The molecule has 1 N–H and O–H groups in total. The van der Waals surface area contributed by atoms with E-state index in [9.17, 15) is 9.59 Å². The molecule has 5 nitrogen and oxygen atoms in total. The molecule has 0 fully saturated rings. The fraction of sp³-hybridized carbons (Fsp3) is 0.429. The van der Waals surface area contributed by atoms with Gasteiger partial charge in [0.05, 0.1) is 0 Å². The summed E-state index contributed by atoms with van der Waals surface area (Å²) in [6, 6.07) is 0. The SMILES string of the molecule is CCNC(=O)O/C(C=O)=C/C1=CC=C(N(C)C)CC1. The van der Waals surface area contributed by atoms with Crippen molar-refractivity contribution in [2.45, 2.75) is 19.8 Å². The molecule has 5 heteroatoms. The standard InChI is InChI=1S/C14H20N2O3/c1-4-15-14(18)19-13(10-17)9-11-5-7-12(8-6-11)16(2)3/h5,7,9-10H,4,6,8H2,1-3H3,(H,15,18)/b13-9+. The monoisotopic (exact) mass is 264 g/mol. The maximum atomic E-state index is 11.2. The van der Waals surface area contributed by atoms with Gasteiger partial charge in [-0.05, 0) is 37.5 Å². The highest BCUT2D eigenvalue weighted by Gasteiger charge is 2.09. The normalized spacial score (nSPS) is 15.2. The third kappa shape index (κ3) is 4.99. The first kappa shape index (κ1) is 15.0. The molecule has 0 bridgehead atoms. The van der Waals surface area contributed by atoms with Gasteiger partial charge in [-0.3, -0.25) is 4.79 Å². The van der Waals surface area contributed by atoms with Crippen molar-refractivity contribution in [1.82, 2.24) is 10.2 Å². The number of carbonyl (C=O) groups excluding carboxylic acids is 2. The maximum Gasteiger partial charge on any atom is 0.412 e. The van der Waals surface area contributed by atoms with E-state index in [0.717, 1.165) is 18.4 Å². The van der Waals surface area contributed by atoms with Gasteiger partial charge in [0.1, 0.15) is 0 Å². The van der Waals surface area contributed by atoms with Crippen LogP contribution >= 0.6 is 0 Å². The maximum absolute atomic E-state index is 11.2. The molecule has 0 saturated heterocycles. The number of aldehydes is 1. The van der Waals surface area contributed by atoms with E-state index in [-0.39, 0.29) is 5.76 Å². The molecule has 0 saturated carbocycles. The summed E-state index contributed by atoms with van der Waals surface area (Å²) >= 11 is 0. The van der Waals surface area contributed by atoms with Crippen molar-refractivity contribution in [2.75, 3.05) is 20.6 Å². The van der Waals surface area contributed by atoms with Gasteiger partial charge in [-0.15, -0.1) is 0 Å². The Balaban J connectivity index is 2.72. The molecule has 0 aliphatic heterocycles. The molecular formula is C14H20N2O3. The van der Waals surface area contributed by atoms with Crippen LogP contribution in [-0.2, 0) is 9.53 Å². The predicted molar refractivity (Wildman–Crippen MR) is 73.4 cm³/mol. The Morgan fingerprint density at radius 2 is 2.16 bits per heavy atom. The number of carbonyl (C=O) groups is 2. The average molecular weight is 264 g/mol. The van der Waals surface area contributed by atoms with Crippen molar-refractivity contribution in [1.29, 1.82) is 0 Å². The summed E-state index contributed by atoms with van der Waals surface area (Å²) in [4.78, 5) is 24.1. The van der Waals surface area contributed by atoms with Crippen LogP contribution in [0.2, 0.25) is 0 Å². The molecule has 0 unspecified atom stereocenters. The third-order valence-corrected chi connectivity index (χ3v) is 2.71. The van der Waals surface area contributed by atoms with E-state index in [1.165, 1.54) is 5.70 Å². The number of nitrogens with zero attached hydrogens (tertiary/aromatic N) is 1. The summed E-state index contributed by atoms with van der Waals surface area (Å²) in [5.74, 6) is 0.0268. The summed E-state index contributed by atoms with van der Waals surface area (Å²) in [6.45, 7) is 2.24. The van der Waals surface area contributed by atoms with E-state index in [2.05, 4.69) is 10.2 Å². The zero-order valence-electron chi connectivity index (χ0n) is 11.6. The van der Waals surface area contributed by atoms with E-state index < -0.39 is 6.09 Å². The molecule has 1 aliphatic rings. The third-order valence-electron chi connectivity index (χ3n) is 2.71. The molecular weight excluding hydrogens is 244 g/mol. The number of alkyl carbamates (subject to hydrolysis) is 1. The van der Waals surface area contributed by atoms with Crippen molar-refractivity contribution in [3.8, 4) is 0 Å². The van der Waals surface area contributed by atoms with Crippen LogP contribution in [0.5, 0.6) is 0 Å². The first-order valence-corrected chi connectivity index (χ1v) is 6.26. The lowest BCUT2D eigenvalue weighted by atomic mass is 10.0. The van der Waals surface area contributed by atoms with Crippen LogP contribution in [0.3, 0.4) is 0 Å². The molecule has 1 aliphatic carbocycles. The van der Waals surface area contributed by atoms with Crippen LogP contribution in [0.15, 0.2) is 35.3 Å². The Morgan fingerprint density at radius 3 is 2.63 bits per heavy atom. The fourth-order valence-electron chi connectivity index (χ4n) is 1.69. The molecule has 0 spiro atoms. The number of rotatable bonds is 5. The predicted octanol–water partition coefficient (Wildman–Crippen LogP) is 1.98. The van der Waals surface area contributed by atoms with E-state index in [4.69, 9.17) is 4.74 Å². The van der Waals surface area contributed by atoms with E-state index in [1.54, 1.807) is 13.0 Å². The molecule has 19 heavy (non-hydrogen) atoms. The number of allylic oxidation sites excluding steroid dienone is 6. The topological polar surface area (TPSA) is 58.6 Å². The average Bonchev–Trinajstić information content (AvgIpc) is 2.38. The minimum absolute atomic E-state index is 0.0268. The second kappa shape index (κ2) is 7.41. The highest BCUT2D eigenvalue weighted by Crippen LogP contribution is 2.21. The van der Waals surface area contributed by atoms with Gasteiger partial charge < -0.3 is 15.0 Å². The molecule has 104 valence electrons. The van der Waals surface area contributed by atoms with E-state index in [0.29, 0.717) is 12.8 Å². The Bertz CT molecular complexity index is 434. The number of hydrogen-bond acceptors (Lipinski definition) is 4. The number of amides is 1. The lowest BCUT2D eigenvalue weighted by Gasteiger charge is -2.20. The lowest BCUT2D eigenvalue weighted by molar-refractivity contribution is -0.107. The molecule has 0 radical (unpaired) electrons. The van der Waals surface area contributed by atoms with Gasteiger partial charge in [-0.1, -0.05) is 6.08 Å². The Labute approximate surface area is 113 Å². The minimum Gasteiger partial charge on any atom is -0.407 e. The summed E-state index contributed by atoms with van der Waals surface area (Å²) in [5, 5.41) is 2.47. The summed E-state index contributed by atoms with van der Waals surface area (Å²) < 4.78 is 4.89. The van der Waals surface area contributed by atoms with Gasteiger partial charge in [0.25, 0.3) is 0 Å². The Hall–Kier alpha value is -2.04. The van der Waals surface area contributed by atoms with Gasteiger partial charge in [-0.25, -0.2) is 4.79 Å². The second-order valence-electron chi connectivity index (χ2n) is 4.38. The van der Waals surface area contributed by atoms with Crippen LogP contribution < -0.4 is 5.32 Å². The molecule has 1 amide bonds. The molecule has 0 aromatic rings. The van der Waals surface area contributed by atoms with Gasteiger partial charge in [-0.2, -0.15) is 0 Å². The first-order chi connectivity index (χ1) is 9.06. The quantitative estimate of drug-likeness (QED) is 0.468. The number of ether oxygens (including phenoxy) is 1. The summed E-state index contributed by atoms with van der Waals surface area (Å²) in [6.07, 6.45) is 7.20. The highest BCUT2D eigenvalue weighted by atomic mass is 16.6. The Kier molecular flexibility index (Phi) is 5.85. The number of nitrogens with one attached hydrogen (secondary N) is 1. The lowest BCUT2D eigenvalue weighted by Crippen LogP contribution is -2.23. The Morgan fingerprint density at radius 1 is 1.42 bits per heavy atom. The fourth-order valence-corrected chi connectivity index (χ4v) is 1.69. The van der Waals surface area contributed by atoms with Gasteiger partial charge in [0, 0.05) is 26.3 Å². The highest BCUT2D eigenvalue weighted by molar-refractivity contribution is 5.78. The molecule has 0 heterocycles. The second-order valence-corrected chi connectivity index (χ2v) is 4.38. The van der Waals surface area contributed by atoms with Crippen molar-refractivity contribution in [3.05, 3.63) is 35.3 Å². The van der Waals surface area contributed by atoms with Crippen molar-refractivity contribution >= 4 is 12.4 Å². The summed E-state index contributed by atoms with van der Waals surface area (Å²) in [7, 11) is 3.99. The summed E-state index contributed by atoms with van der Waals surface area (Å²) in [5.41, 5.74) is 2.20. The van der Waals surface area contributed by atoms with E-state index in [1.807, 2.05) is 26.2 Å². The number of hydrogen-bond donors (Lipinski definition) is 1. The first-order valence-electron chi connectivity index (χ1n) is 6.26. The largest absolute Gasteiger partial charge is 0.412 e. The van der Waals surface area contributed by atoms with Gasteiger partial charge >= 0.3 is 6.09 Å². The van der Waals surface area contributed by atoms with Crippen LogP contribution in [0.1, 0.15) is 19.8 Å². The van der Waals surface area contributed by atoms with Crippen LogP contribution in [0.4, 0.5) is 4.79 Å². The molecule has 1 rings (SSSR count). The molecule has 0 aromatic carbocycles. The smallest absolute Gasteiger partial charge is 0.407 e. The van der Waals surface area contributed by atoms with Gasteiger partial charge in [0.2, 0.25) is 0 Å².